The molecule has 1 amide bonds. The van der Waals surface area contributed by atoms with Crippen LogP contribution in [-0.4, -0.2) is 33.4 Å². The second kappa shape index (κ2) is 6.56. The molecule has 0 saturated carbocycles. The van der Waals surface area contributed by atoms with E-state index in [4.69, 9.17) is 4.74 Å². The van der Waals surface area contributed by atoms with E-state index in [1.165, 1.54) is 17.1 Å². The monoisotopic (exact) mass is 289 g/mol. The third kappa shape index (κ3) is 4.07. The Balaban J connectivity index is 1.94. The van der Waals surface area contributed by atoms with Crippen molar-refractivity contribution in [3.05, 3.63) is 48.3 Å². The molecule has 1 heterocycles. The standard InChI is InChI=1S/C14H15N3O4/c1-17-8-10(7-15-17)13(14(19)20)16-12(18)9-21-11-5-3-2-4-6-11/h2-8,13H,9H2,1H3,(H,16,18)(H,19,20). The van der Waals surface area contributed by atoms with Gasteiger partial charge in [-0.1, -0.05) is 18.2 Å². The van der Waals surface area contributed by atoms with E-state index in [0.717, 1.165) is 0 Å². The summed E-state index contributed by atoms with van der Waals surface area (Å²) in [5, 5.41) is 15.5. The molecule has 7 heteroatoms. The second-order valence-corrected chi connectivity index (χ2v) is 4.39. The van der Waals surface area contributed by atoms with E-state index in [-0.39, 0.29) is 6.61 Å². The molecule has 0 saturated heterocycles. The van der Waals surface area contributed by atoms with Gasteiger partial charge in [0.2, 0.25) is 0 Å². The largest absolute Gasteiger partial charge is 0.484 e. The van der Waals surface area contributed by atoms with Gasteiger partial charge in [-0.2, -0.15) is 5.10 Å². The number of ether oxygens (including phenoxy) is 1. The lowest BCUT2D eigenvalue weighted by molar-refractivity contribution is -0.142. The van der Waals surface area contributed by atoms with Crippen LogP contribution in [0.2, 0.25) is 0 Å². The van der Waals surface area contributed by atoms with Crippen LogP contribution >= 0.6 is 0 Å². The zero-order valence-electron chi connectivity index (χ0n) is 11.4. The van der Waals surface area contributed by atoms with Crippen molar-refractivity contribution in [3.8, 4) is 5.75 Å². The molecule has 2 N–H and O–H groups in total. The van der Waals surface area contributed by atoms with E-state index in [9.17, 15) is 14.7 Å². The zero-order valence-corrected chi connectivity index (χ0v) is 11.4. The topological polar surface area (TPSA) is 93.5 Å². The van der Waals surface area contributed by atoms with Gasteiger partial charge in [0.25, 0.3) is 5.91 Å². The maximum atomic E-state index is 11.8. The number of hydrogen-bond acceptors (Lipinski definition) is 4. The number of aryl methyl sites for hydroxylation is 1. The molecule has 0 aliphatic rings. The molecular formula is C14H15N3O4. The van der Waals surface area contributed by atoms with Crippen LogP contribution in [0.3, 0.4) is 0 Å². The molecule has 0 fully saturated rings. The van der Waals surface area contributed by atoms with Gasteiger partial charge in [-0.05, 0) is 12.1 Å². The van der Waals surface area contributed by atoms with Crippen molar-refractivity contribution < 1.29 is 19.4 Å². The van der Waals surface area contributed by atoms with Crippen LogP contribution in [0.15, 0.2) is 42.7 Å². The van der Waals surface area contributed by atoms with Crippen LogP contribution in [-0.2, 0) is 16.6 Å². The molecule has 0 aliphatic carbocycles. The Kier molecular flexibility index (Phi) is 4.55. The smallest absolute Gasteiger partial charge is 0.331 e. The van der Waals surface area contributed by atoms with Gasteiger partial charge in [-0.3, -0.25) is 9.48 Å². The molecule has 1 aromatic carbocycles. The van der Waals surface area contributed by atoms with Gasteiger partial charge < -0.3 is 15.2 Å². The number of aliphatic carboxylic acids is 1. The van der Waals surface area contributed by atoms with E-state index >= 15 is 0 Å². The van der Waals surface area contributed by atoms with E-state index in [1.807, 2.05) is 6.07 Å². The summed E-state index contributed by atoms with van der Waals surface area (Å²) in [7, 11) is 1.67. The molecular weight excluding hydrogens is 274 g/mol. The molecule has 1 aromatic heterocycles. The minimum absolute atomic E-state index is 0.256. The van der Waals surface area contributed by atoms with Crippen LogP contribution in [0.1, 0.15) is 11.6 Å². The van der Waals surface area contributed by atoms with Crippen molar-refractivity contribution in [1.82, 2.24) is 15.1 Å². The summed E-state index contributed by atoms with van der Waals surface area (Å²) >= 11 is 0. The van der Waals surface area contributed by atoms with Crippen molar-refractivity contribution >= 4 is 11.9 Å². The fourth-order valence-corrected chi connectivity index (χ4v) is 1.75. The first-order valence-electron chi connectivity index (χ1n) is 6.25. The molecule has 7 nitrogen and oxygen atoms in total. The number of nitrogens with zero attached hydrogens (tertiary/aromatic N) is 2. The van der Waals surface area contributed by atoms with Gasteiger partial charge in [-0.25, -0.2) is 4.79 Å². The van der Waals surface area contributed by atoms with Crippen LogP contribution in [0.5, 0.6) is 5.75 Å². The summed E-state index contributed by atoms with van der Waals surface area (Å²) in [6.07, 6.45) is 2.94. The number of carbonyl (C=O) groups is 2. The first-order chi connectivity index (χ1) is 10.1. The maximum Gasteiger partial charge on any atom is 0.331 e. The summed E-state index contributed by atoms with van der Waals surface area (Å²) < 4.78 is 6.73. The Morgan fingerprint density at radius 1 is 1.38 bits per heavy atom. The molecule has 2 aromatic rings. The van der Waals surface area contributed by atoms with E-state index < -0.39 is 17.9 Å². The van der Waals surface area contributed by atoms with Crippen molar-refractivity contribution in [2.75, 3.05) is 6.61 Å². The minimum atomic E-state index is -1.16. The van der Waals surface area contributed by atoms with E-state index in [1.54, 1.807) is 31.3 Å². The number of amides is 1. The summed E-state index contributed by atoms with van der Waals surface area (Å²) in [5.74, 6) is -1.13. The lowest BCUT2D eigenvalue weighted by atomic mass is 10.1. The van der Waals surface area contributed by atoms with Crippen LogP contribution in [0.4, 0.5) is 0 Å². The van der Waals surface area contributed by atoms with Gasteiger partial charge in [0, 0.05) is 18.8 Å². The number of benzene rings is 1. The lowest BCUT2D eigenvalue weighted by Gasteiger charge is -2.13. The van der Waals surface area contributed by atoms with Crippen molar-refractivity contribution in [2.24, 2.45) is 7.05 Å². The van der Waals surface area contributed by atoms with Crippen molar-refractivity contribution in [1.29, 1.82) is 0 Å². The molecule has 21 heavy (non-hydrogen) atoms. The third-order valence-corrected chi connectivity index (χ3v) is 2.72. The predicted octanol–water partition coefficient (Wildman–Crippen LogP) is 0.741. The fraction of sp³-hybridized carbons (Fsp3) is 0.214. The molecule has 0 radical (unpaired) electrons. The van der Waals surface area contributed by atoms with Crippen LogP contribution in [0, 0.1) is 0 Å². The maximum absolute atomic E-state index is 11.8. The predicted molar refractivity (Wildman–Crippen MR) is 73.7 cm³/mol. The van der Waals surface area contributed by atoms with Gasteiger partial charge >= 0.3 is 5.97 Å². The fourth-order valence-electron chi connectivity index (χ4n) is 1.75. The highest BCUT2D eigenvalue weighted by atomic mass is 16.5. The highest BCUT2D eigenvalue weighted by Crippen LogP contribution is 2.12. The third-order valence-electron chi connectivity index (χ3n) is 2.72. The number of nitrogens with one attached hydrogen (secondary N) is 1. The van der Waals surface area contributed by atoms with Gasteiger partial charge in [-0.15, -0.1) is 0 Å². The van der Waals surface area contributed by atoms with E-state index in [2.05, 4.69) is 10.4 Å². The summed E-state index contributed by atoms with van der Waals surface area (Å²) in [4.78, 5) is 23.0. The Morgan fingerprint density at radius 3 is 2.67 bits per heavy atom. The average molecular weight is 289 g/mol. The number of para-hydroxylation sites is 1. The number of hydrogen-bond donors (Lipinski definition) is 2. The molecule has 0 aliphatic heterocycles. The molecule has 0 spiro atoms. The lowest BCUT2D eigenvalue weighted by Crippen LogP contribution is -2.36. The first-order valence-corrected chi connectivity index (χ1v) is 6.25. The molecule has 110 valence electrons. The second-order valence-electron chi connectivity index (χ2n) is 4.39. The number of rotatable bonds is 6. The van der Waals surface area contributed by atoms with Gasteiger partial charge in [0.05, 0.1) is 6.20 Å². The quantitative estimate of drug-likeness (QED) is 0.818. The normalized spacial score (nSPS) is 11.7. The highest BCUT2D eigenvalue weighted by Gasteiger charge is 2.23. The number of carboxylic acids is 1. The van der Waals surface area contributed by atoms with Crippen molar-refractivity contribution in [3.63, 3.8) is 0 Å². The summed E-state index contributed by atoms with van der Waals surface area (Å²) in [6, 6.07) is 7.67. The molecule has 1 atom stereocenters. The number of aromatic nitrogens is 2. The van der Waals surface area contributed by atoms with Crippen LogP contribution < -0.4 is 10.1 Å². The number of carbonyl (C=O) groups excluding carboxylic acids is 1. The Hall–Kier alpha value is -2.83. The SMILES string of the molecule is Cn1cc(C(NC(=O)COc2ccccc2)C(=O)O)cn1. The molecule has 2 rings (SSSR count). The Labute approximate surface area is 121 Å². The van der Waals surface area contributed by atoms with Crippen molar-refractivity contribution in [2.45, 2.75) is 6.04 Å². The van der Waals surface area contributed by atoms with Gasteiger partial charge in [0.1, 0.15) is 5.75 Å². The number of carboxylic acid groups (broad SMARTS) is 1. The summed E-state index contributed by atoms with van der Waals surface area (Å²) in [5.41, 5.74) is 0.401. The Morgan fingerprint density at radius 2 is 2.10 bits per heavy atom. The van der Waals surface area contributed by atoms with Gasteiger partial charge in [0.15, 0.2) is 12.6 Å². The van der Waals surface area contributed by atoms with E-state index in [0.29, 0.717) is 11.3 Å². The highest BCUT2D eigenvalue weighted by molar-refractivity contribution is 5.85. The average Bonchev–Trinajstić information content (AvgIpc) is 2.89. The molecule has 1 unspecified atom stereocenters. The first kappa shape index (κ1) is 14.6. The van der Waals surface area contributed by atoms with Crippen LogP contribution in [0.25, 0.3) is 0 Å². The molecule has 0 bridgehead atoms. The summed E-state index contributed by atoms with van der Waals surface area (Å²) in [6.45, 7) is -0.256. The Bertz CT molecular complexity index is 624. The zero-order chi connectivity index (χ0) is 15.2. The minimum Gasteiger partial charge on any atom is -0.484 e.